The molecule has 3 heteroatoms. The molecule has 1 spiro atoms. The third-order valence-electron chi connectivity index (χ3n) is 3.51. The number of hydrogen-bond acceptors (Lipinski definition) is 3. The number of fused-ring (bicyclic) bond motifs is 2. The van der Waals surface area contributed by atoms with Crippen molar-refractivity contribution in [3.8, 4) is 5.75 Å². The minimum atomic E-state index is 0.0904. The Bertz CT molecular complexity index is 387. The van der Waals surface area contributed by atoms with Crippen LogP contribution in [0.4, 0.5) is 0 Å². The van der Waals surface area contributed by atoms with Crippen molar-refractivity contribution in [2.75, 3.05) is 18.9 Å². The van der Waals surface area contributed by atoms with E-state index < -0.39 is 0 Å². The quantitative estimate of drug-likeness (QED) is 0.747. The fraction of sp³-hybridized carbons (Fsp3) is 0.538. The number of nitrogens with one attached hydrogen (secondary N) is 1. The lowest BCUT2D eigenvalue weighted by Gasteiger charge is -2.46. The SMILES string of the molecule is CC1COc2ccccc2C12NCCCS2. The van der Waals surface area contributed by atoms with E-state index in [1.807, 2.05) is 11.8 Å². The molecule has 2 nitrogen and oxygen atoms in total. The van der Waals surface area contributed by atoms with Gasteiger partial charge >= 0.3 is 0 Å². The molecule has 0 saturated carbocycles. The van der Waals surface area contributed by atoms with Crippen molar-refractivity contribution in [2.24, 2.45) is 5.92 Å². The third kappa shape index (κ3) is 1.45. The lowest BCUT2D eigenvalue weighted by atomic mass is 9.90. The van der Waals surface area contributed by atoms with Crippen molar-refractivity contribution in [3.63, 3.8) is 0 Å². The molecule has 2 aliphatic heterocycles. The second kappa shape index (κ2) is 3.97. The van der Waals surface area contributed by atoms with Gasteiger partial charge in [0.2, 0.25) is 0 Å². The van der Waals surface area contributed by atoms with Crippen LogP contribution in [0.3, 0.4) is 0 Å². The topological polar surface area (TPSA) is 21.3 Å². The summed E-state index contributed by atoms with van der Waals surface area (Å²) in [5, 5.41) is 3.72. The van der Waals surface area contributed by atoms with Gasteiger partial charge in [-0.1, -0.05) is 25.1 Å². The van der Waals surface area contributed by atoms with Gasteiger partial charge in [0.1, 0.15) is 5.75 Å². The molecule has 1 aromatic carbocycles. The van der Waals surface area contributed by atoms with Gasteiger partial charge in [0.05, 0.1) is 11.5 Å². The molecule has 2 atom stereocenters. The largest absolute Gasteiger partial charge is 0.493 e. The lowest BCUT2D eigenvalue weighted by molar-refractivity contribution is 0.168. The van der Waals surface area contributed by atoms with Crippen molar-refractivity contribution in [2.45, 2.75) is 18.2 Å². The summed E-state index contributed by atoms with van der Waals surface area (Å²) in [5.74, 6) is 2.82. The van der Waals surface area contributed by atoms with E-state index in [4.69, 9.17) is 4.74 Å². The molecule has 0 amide bonds. The highest BCUT2D eigenvalue weighted by molar-refractivity contribution is 8.00. The van der Waals surface area contributed by atoms with E-state index in [-0.39, 0.29) is 4.87 Å². The van der Waals surface area contributed by atoms with Crippen LogP contribution in [0.25, 0.3) is 0 Å². The van der Waals surface area contributed by atoms with Crippen molar-refractivity contribution < 1.29 is 4.74 Å². The summed E-state index contributed by atoms with van der Waals surface area (Å²) in [4.78, 5) is 0.0904. The Kier molecular flexibility index (Phi) is 2.60. The van der Waals surface area contributed by atoms with Crippen LogP contribution < -0.4 is 10.1 Å². The van der Waals surface area contributed by atoms with Gasteiger partial charge in [-0.05, 0) is 24.8 Å². The number of rotatable bonds is 0. The molecule has 1 aromatic rings. The molecule has 3 rings (SSSR count). The van der Waals surface area contributed by atoms with Gasteiger partial charge in [0, 0.05) is 11.5 Å². The van der Waals surface area contributed by atoms with Crippen LogP contribution in [0.15, 0.2) is 24.3 Å². The lowest BCUT2D eigenvalue weighted by Crippen LogP contribution is -2.52. The molecule has 16 heavy (non-hydrogen) atoms. The predicted molar refractivity (Wildman–Crippen MR) is 67.9 cm³/mol. The second-order valence-electron chi connectivity index (χ2n) is 4.57. The molecule has 2 unspecified atom stereocenters. The van der Waals surface area contributed by atoms with Gasteiger partial charge in [0.25, 0.3) is 0 Å². The number of benzene rings is 1. The van der Waals surface area contributed by atoms with Crippen molar-refractivity contribution in [3.05, 3.63) is 29.8 Å². The highest BCUT2D eigenvalue weighted by atomic mass is 32.2. The minimum Gasteiger partial charge on any atom is -0.493 e. The molecule has 0 bridgehead atoms. The molecule has 0 radical (unpaired) electrons. The number of hydrogen-bond donors (Lipinski definition) is 1. The first-order chi connectivity index (χ1) is 7.83. The van der Waals surface area contributed by atoms with Gasteiger partial charge < -0.3 is 4.74 Å². The van der Waals surface area contributed by atoms with E-state index in [1.165, 1.54) is 17.7 Å². The maximum Gasteiger partial charge on any atom is 0.125 e. The average Bonchev–Trinajstić information content (AvgIpc) is 2.36. The molecule has 0 aromatic heterocycles. The Morgan fingerprint density at radius 1 is 1.44 bits per heavy atom. The summed E-state index contributed by atoms with van der Waals surface area (Å²) < 4.78 is 5.81. The summed E-state index contributed by atoms with van der Waals surface area (Å²) in [6, 6.07) is 8.45. The summed E-state index contributed by atoms with van der Waals surface area (Å²) in [6.07, 6.45) is 1.27. The molecule has 2 heterocycles. The Balaban J connectivity index is 2.08. The van der Waals surface area contributed by atoms with Crippen molar-refractivity contribution in [1.29, 1.82) is 0 Å². The average molecular weight is 235 g/mol. The Hall–Kier alpha value is -0.670. The highest BCUT2D eigenvalue weighted by Gasteiger charge is 2.44. The second-order valence-corrected chi connectivity index (χ2v) is 5.91. The first-order valence-electron chi connectivity index (χ1n) is 5.94. The van der Waals surface area contributed by atoms with Gasteiger partial charge in [-0.3, -0.25) is 5.32 Å². The van der Waals surface area contributed by atoms with Crippen LogP contribution in [-0.2, 0) is 4.87 Å². The first-order valence-corrected chi connectivity index (χ1v) is 6.93. The Labute approximate surface area is 101 Å². The van der Waals surface area contributed by atoms with E-state index in [9.17, 15) is 0 Å². The number of thioether (sulfide) groups is 1. The Morgan fingerprint density at radius 2 is 2.31 bits per heavy atom. The minimum absolute atomic E-state index is 0.0904. The molecule has 0 aliphatic carbocycles. The van der Waals surface area contributed by atoms with Crippen LogP contribution in [-0.4, -0.2) is 18.9 Å². The fourth-order valence-electron chi connectivity index (χ4n) is 2.62. The molecule has 2 aliphatic rings. The zero-order chi connectivity index (χ0) is 11.0. The van der Waals surface area contributed by atoms with Crippen LogP contribution in [0.5, 0.6) is 5.75 Å². The van der Waals surface area contributed by atoms with Crippen molar-refractivity contribution >= 4 is 11.8 Å². The molecule has 1 N–H and O–H groups in total. The van der Waals surface area contributed by atoms with Crippen LogP contribution in [0.1, 0.15) is 18.9 Å². The summed E-state index contributed by atoms with van der Waals surface area (Å²) in [6.45, 7) is 4.21. The van der Waals surface area contributed by atoms with E-state index in [2.05, 4.69) is 36.5 Å². The van der Waals surface area contributed by atoms with Gasteiger partial charge in [-0.25, -0.2) is 0 Å². The zero-order valence-electron chi connectivity index (χ0n) is 9.53. The predicted octanol–water partition coefficient (Wildman–Crippen LogP) is 2.59. The van der Waals surface area contributed by atoms with E-state index >= 15 is 0 Å². The Morgan fingerprint density at radius 3 is 3.12 bits per heavy atom. The maximum absolute atomic E-state index is 5.81. The fourth-order valence-corrected chi connectivity index (χ4v) is 4.11. The number of ether oxygens (including phenoxy) is 1. The summed E-state index contributed by atoms with van der Waals surface area (Å²) in [5.41, 5.74) is 1.33. The van der Waals surface area contributed by atoms with E-state index in [0.717, 1.165) is 18.9 Å². The third-order valence-corrected chi connectivity index (χ3v) is 5.22. The summed E-state index contributed by atoms with van der Waals surface area (Å²) >= 11 is 2.05. The van der Waals surface area contributed by atoms with Crippen LogP contribution >= 0.6 is 11.8 Å². The zero-order valence-corrected chi connectivity index (χ0v) is 10.3. The molecule has 1 saturated heterocycles. The summed E-state index contributed by atoms with van der Waals surface area (Å²) in [7, 11) is 0. The van der Waals surface area contributed by atoms with Crippen LogP contribution in [0, 0.1) is 5.92 Å². The van der Waals surface area contributed by atoms with E-state index in [1.54, 1.807) is 0 Å². The smallest absolute Gasteiger partial charge is 0.125 e. The molecular formula is C13H17NOS. The van der Waals surface area contributed by atoms with Crippen LogP contribution in [0.2, 0.25) is 0 Å². The maximum atomic E-state index is 5.81. The first kappa shape index (κ1) is 10.5. The standard InChI is InChI=1S/C13H17NOS/c1-10-9-15-12-6-3-2-5-11(12)13(10)14-7-4-8-16-13/h2-3,5-6,10,14H,4,7-9H2,1H3. The van der Waals surface area contributed by atoms with Gasteiger partial charge in [0.15, 0.2) is 0 Å². The van der Waals surface area contributed by atoms with E-state index in [0.29, 0.717) is 5.92 Å². The molecular weight excluding hydrogens is 218 g/mol. The normalized spacial score (nSPS) is 33.2. The number of para-hydroxylation sites is 1. The molecule has 1 fully saturated rings. The molecule has 86 valence electrons. The highest BCUT2D eigenvalue weighted by Crippen LogP contribution is 2.49. The van der Waals surface area contributed by atoms with Gasteiger partial charge in [-0.2, -0.15) is 0 Å². The van der Waals surface area contributed by atoms with Gasteiger partial charge in [-0.15, -0.1) is 11.8 Å². The van der Waals surface area contributed by atoms with Crippen molar-refractivity contribution in [1.82, 2.24) is 5.32 Å². The monoisotopic (exact) mass is 235 g/mol.